The van der Waals surface area contributed by atoms with Crippen LogP contribution in [0.1, 0.15) is 28.7 Å². The van der Waals surface area contributed by atoms with Crippen LogP contribution in [0.25, 0.3) is 0 Å². The molecule has 0 aromatic carbocycles. The molecule has 0 radical (unpaired) electrons. The topological polar surface area (TPSA) is 64.4 Å². The van der Waals surface area contributed by atoms with Gasteiger partial charge < -0.3 is 4.52 Å². The van der Waals surface area contributed by atoms with Crippen molar-refractivity contribution in [3.8, 4) is 0 Å². The second-order valence-corrected chi connectivity index (χ2v) is 2.55. The van der Waals surface area contributed by atoms with Crippen molar-refractivity contribution in [2.24, 2.45) is 0 Å². The molecular weight excluding hydrogens is 172 g/mol. The van der Waals surface area contributed by atoms with E-state index in [0.29, 0.717) is 23.4 Å². The highest BCUT2D eigenvalue weighted by atomic mass is 16.6. The number of hydrogen-bond donors (Lipinski definition) is 1. The molecule has 1 rings (SSSR count). The lowest BCUT2D eigenvalue weighted by molar-refractivity contribution is 0.0535. The standard InChI is InChI=1S/C8H12N2O3/c1-4-6-7(5(2)13-9-6)8(11)10-12-3/h4H2,1-3H3,(H,10,11). The summed E-state index contributed by atoms with van der Waals surface area (Å²) in [5, 5.41) is 3.75. The number of amides is 1. The predicted molar refractivity (Wildman–Crippen MR) is 45.1 cm³/mol. The van der Waals surface area contributed by atoms with Gasteiger partial charge in [0, 0.05) is 0 Å². The number of aryl methyl sites for hydroxylation is 2. The molecule has 0 aliphatic carbocycles. The van der Waals surface area contributed by atoms with E-state index in [2.05, 4.69) is 15.5 Å². The van der Waals surface area contributed by atoms with Gasteiger partial charge in [-0.25, -0.2) is 5.48 Å². The summed E-state index contributed by atoms with van der Waals surface area (Å²) in [5.41, 5.74) is 3.33. The summed E-state index contributed by atoms with van der Waals surface area (Å²) in [5.74, 6) is 0.185. The van der Waals surface area contributed by atoms with E-state index in [9.17, 15) is 4.79 Å². The first kappa shape index (κ1) is 9.73. The second-order valence-electron chi connectivity index (χ2n) is 2.55. The van der Waals surface area contributed by atoms with E-state index in [-0.39, 0.29) is 5.91 Å². The number of aromatic nitrogens is 1. The molecular formula is C8H12N2O3. The maximum absolute atomic E-state index is 11.4. The van der Waals surface area contributed by atoms with Gasteiger partial charge in [-0.1, -0.05) is 12.1 Å². The molecule has 0 saturated heterocycles. The zero-order chi connectivity index (χ0) is 9.84. The largest absolute Gasteiger partial charge is 0.361 e. The van der Waals surface area contributed by atoms with Crippen molar-refractivity contribution in [2.75, 3.05) is 7.11 Å². The third kappa shape index (κ3) is 1.86. The molecule has 5 nitrogen and oxygen atoms in total. The lowest BCUT2D eigenvalue weighted by Crippen LogP contribution is -2.23. The average Bonchev–Trinajstić information content (AvgIpc) is 2.47. The highest BCUT2D eigenvalue weighted by Crippen LogP contribution is 2.13. The minimum absolute atomic E-state index is 0.321. The molecule has 0 spiro atoms. The first-order valence-electron chi connectivity index (χ1n) is 3.99. The first-order chi connectivity index (χ1) is 6.20. The van der Waals surface area contributed by atoms with Crippen molar-refractivity contribution in [1.29, 1.82) is 0 Å². The van der Waals surface area contributed by atoms with E-state index < -0.39 is 0 Å². The van der Waals surface area contributed by atoms with E-state index in [1.54, 1.807) is 6.92 Å². The Balaban J connectivity index is 2.96. The molecule has 0 unspecified atom stereocenters. The van der Waals surface area contributed by atoms with Crippen molar-refractivity contribution >= 4 is 5.91 Å². The minimum atomic E-state index is -0.321. The summed E-state index contributed by atoms with van der Waals surface area (Å²) in [4.78, 5) is 15.9. The maximum Gasteiger partial charge on any atom is 0.280 e. The van der Waals surface area contributed by atoms with Crippen LogP contribution in [0.3, 0.4) is 0 Å². The van der Waals surface area contributed by atoms with Crippen molar-refractivity contribution < 1.29 is 14.2 Å². The number of rotatable bonds is 3. The molecule has 72 valence electrons. The lowest BCUT2D eigenvalue weighted by atomic mass is 10.1. The Morgan fingerprint density at radius 1 is 1.69 bits per heavy atom. The van der Waals surface area contributed by atoms with E-state index >= 15 is 0 Å². The molecule has 0 saturated carbocycles. The van der Waals surface area contributed by atoms with E-state index in [0.717, 1.165) is 0 Å². The van der Waals surface area contributed by atoms with E-state index in [1.165, 1.54) is 7.11 Å². The number of nitrogens with one attached hydrogen (secondary N) is 1. The third-order valence-electron chi connectivity index (χ3n) is 1.69. The van der Waals surface area contributed by atoms with Crippen LogP contribution in [-0.4, -0.2) is 18.2 Å². The average molecular weight is 184 g/mol. The number of carbonyl (C=O) groups is 1. The van der Waals surface area contributed by atoms with Crippen LogP contribution in [-0.2, 0) is 11.3 Å². The Bertz CT molecular complexity index is 306. The molecule has 0 aliphatic heterocycles. The normalized spacial score (nSPS) is 10.1. The lowest BCUT2D eigenvalue weighted by Gasteiger charge is -2.00. The molecule has 1 amide bonds. The molecule has 1 aromatic heterocycles. The number of carbonyl (C=O) groups excluding carboxylic acids is 1. The summed E-state index contributed by atoms with van der Waals surface area (Å²) >= 11 is 0. The van der Waals surface area contributed by atoms with Gasteiger partial charge in [0.25, 0.3) is 5.91 Å². The van der Waals surface area contributed by atoms with Gasteiger partial charge in [0.15, 0.2) is 0 Å². The van der Waals surface area contributed by atoms with Crippen LogP contribution < -0.4 is 5.48 Å². The van der Waals surface area contributed by atoms with E-state index in [1.807, 2.05) is 6.92 Å². The van der Waals surface area contributed by atoms with Gasteiger partial charge in [0.05, 0.1) is 12.8 Å². The van der Waals surface area contributed by atoms with Crippen LogP contribution in [0.4, 0.5) is 0 Å². The maximum atomic E-state index is 11.4. The smallest absolute Gasteiger partial charge is 0.280 e. The minimum Gasteiger partial charge on any atom is -0.361 e. The number of hydroxylamine groups is 1. The zero-order valence-corrected chi connectivity index (χ0v) is 7.88. The second kappa shape index (κ2) is 4.04. The molecule has 1 heterocycles. The molecule has 0 fully saturated rings. The summed E-state index contributed by atoms with van der Waals surface area (Å²) < 4.78 is 4.89. The first-order valence-corrected chi connectivity index (χ1v) is 3.99. The molecule has 1 N–H and O–H groups in total. The van der Waals surface area contributed by atoms with Gasteiger partial charge in [-0.2, -0.15) is 0 Å². The molecule has 1 aromatic rings. The van der Waals surface area contributed by atoms with Crippen LogP contribution in [0.2, 0.25) is 0 Å². The Labute approximate surface area is 76.0 Å². The molecule has 0 atom stereocenters. The summed E-state index contributed by atoms with van der Waals surface area (Å²) in [6, 6.07) is 0. The fourth-order valence-electron chi connectivity index (χ4n) is 1.09. The summed E-state index contributed by atoms with van der Waals surface area (Å²) in [6.45, 7) is 3.59. The fourth-order valence-corrected chi connectivity index (χ4v) is 1.09. The van der Waals surface area contributed by atoms with E-state index in [4.69, 9.17) is 4.52 Å². The van der Waals surface area contributed by atoms with Gasteiger partial charge in [0.2, 0.25) is 0 Å². The van der Waals surface area contributed by atoms with Crippen molar-refractivity contribution in [3.63, 3.8) is 0 Å². The number of hydrogen-bond acceptors (Lipinski definition) is 4. The highest BCUT2D eigenvalue weighted by Gasteiger charge is 2.18. The Hall–Kier alpha value is -1.36. The Morgan fingerprint density at radius 2 is 2.38 bits per heavy atom. The molecule has 13 heavy (non-hydrogen) atoms. The Morgan fingerprint density at radius 3 is 2.92 bits per heavy atom. The van der Waals surface area contributed by atoms with Crippen LogP contribution in [0, 0.1) is 6.92 Å². The van der Waals surface area contributed by atoms with Crippen molar-refractivity contribution in [3.05, 3.63) is 17.0 Å². The van der Waals surface area contributed by atoms with Gasteiger partial charge in [-0.3, -0.25) is 9.63 Å². The van der Waals surface area contributed by atoms with Crippen LogP contribution in [0.15, 0.2) is 4.52 Å². The van der Waals surface area contributed by atoms with Gasteiger partial charge in [-0.05, 0) is 13.3 Å². The fraction of sp³-hybridized carbons (Fsp3) is 0.500. The zero-order valence-electron chi connectivity index (χ0n) is 7.88. The SMILES string of the molecule is CCc1noc(C)c1C(=O)NOC. The van der Waals surface area contributed by atoms with Crippen LogP contribution >= 0.6 is 0 Å². The number of nitrogens with zero attached hydrogens (tertiary/aromatic N) is 1. The van der Waals surface area contributed by atoms with Gasteiger partial charge in [0.1, 0.15) is 11.3 Å². The van der Waals surface area contributed by atoms with Crippen LogP contribution in [0.5, 0.6) is 0 Å². The van der Waals surface area contributed by atoms with Crippen molar-refractivity contribution in [2.45, 2.75) is 20.3 Å². The quantitative estimate of drug-likeness (QED) is 0.707. The Kier molecular flexibility index (Phi) is 3.02. The summed E-state index contributed by atoms with van der Waals surface area (Å²) in [6.07, 6.45) is 0.657. The third-order valence-corrected chi connectivity index (χ3v) is 1.69. The molecule has 5 heteroatoms. The van der Waals surface area contributed by atoms with Crippen molar-refractivity contribution in [1.82, 2.24) is 10.6 Å². The molecule has 0 bridgehead atoms. The predicted octanol–water partition coefficient (Wildman–Crippen LogP) is 0.837. The summed E-state index contributed by atoms with van der Waals surface area (Å²) in [7, 11) is 1.38. The highest BCUT2D eigenvalue weighted by molar-refractivity contribution is 5.95. The monoisotopic (exact) mass is 184 g/mol. The van der Waals surface area contributed by atoms with Gasteiger partial charge in [-0.15, -0.1) is 0 Å². The molecule has 0 aliphatic rings. The van der Waals surface area contributed by atoms with Gasteiger partial charge >= 0.3 is 0 Å².